The smallest absolute Gasteiger partial charge is 0.148 e. The maximum atomic E-state index is 12.5. The molecule has 0 unspecified atom stereocenters. The van der Waals surface area contributed by atoms with Crippen molar-refractivity contribution < 1.29 is 49.5 Å². The quantitative estimate of drug-likeness (QED) is 0.139. The minimum absolute atomic E-state index is 0. The van der Waals surface area contributed by atoms with Gasteiger partial charge in [-0.1, -0.05) is 209 Å². The Labute approximate surface area is 455 Å². The molecule has 4 nitrogen and oxygen atoms in total. The SMILES string of the molecule is [2H]c1nc(-c2[c-]c(-c3cccc4c3nc(-c3cc(C(C)C)cc(C(C)C)c3O)n4-c3ccc(C([2H])(C)C)cc3-c3ccc(C(C)(C)C)cc3)cc(-c3ccccc3)c2)c([2H])c(-c2c([2H])c([2H])c(C(C([2H])([2H])[2H])(C([2H])([2H])[2H])C([2H])([2H])[2H])c([2H])c2[2H])c1[2H].[Pt]. The number of phenolic OH excluding ortho intramolecular Hbond substituents is 1. The third kappa shape index (κ3) is 9.99. The summed E-state index contributed by atoms with van der Waals surface area (Å²) >= 11 is 0. The van der Waals surface area contributed by atoms with E-state index in [9.17, 15) is 10.6 Å². The van der Waals surface area contributed by atoms with Crippen molar-refractivity contribution in [2.45, 2.75) is 111 Å². The van der Waals surface area contributed by atoms with E-state index in [-0.39, 0.29) is 55.3 Å². The number of hydrogen-bond donors (Lipinski definition) is 1. The van der Waals surface area contributed by atoms with Gasteiger partial charge in [0.25, 0.3) is 0 Å². The predicted octanol–water partition coefficient (Wildman–Crippen LogP) is 17.9. The van der Waals surface area contributed by atoms with Crippen molar-refractivity contribution in [1.82, 2.24) is 14.5 Å². The summed E-state index contributed by atoms with van der Waals surface area (Å²) in [6.45, 7) is 6.49. The number of para-hydroxylation sites is 1. The average molecular weight is 1120 g/mol. The number of pyridine rings is 1. The van der Waals surface area contributed by atoms with Crippen molar-refractivity contribution in [2.75, 3.05) is 0 Å². The van der Waals surface area contributed by atoms with Crippen LogP contribution in [0.1, 0.15) is 152 Å². The van der Waals surface area contributed by atoms with Gasteiger partial charge in [0, 0.05) is 52.2 Å². The van der Waals surface area contributed by atoms with E-state index < -0.39 is 91.0 Å². The van der Waals surface area contributed by atoms with E-state index in [1.165, 1.54) is 0 Å². The Kier molecular flexibility index (Phi) is 9.20. The molecular formula is C65H66N3OPt-. The second-order valence-electron chi connectivity index (χ2n) is 19.6. The first-order valence-electron chi connectivity index (χ1n) is 31.7. The van der Waals surface area contributed by atoms with E-state index in [4.69, 9.17) is 22.8 Å². The fourth-order valence-electron chi connectivity index (χ4n) is 8.62. The van der Waals surface area contributed by atoms with Crippen molar-refractivity contribution in [3.8, 4) is 78.6 Å². The van der Waals surface area contributed by atoms with Gasteiger partial charge in [-0.15, -0.1) is 23.8 Å². The number of aromatic hydroxyl groups is 1. The molecule has 70 heavy (non-hydrogen) atoms. The van der Waals surface area contributed by atoms with Crippen LogP contribution in [0.3, 0.4) is 0 Å². The van der Waals surface area contributed by atoms with Gasteiger partial charge < -0.3 is 5.11 Å². The van der Waals surface area contributed by atoms with Crippen molar-refractivity contribution >= 4 is 11.0 Å². The van der Waals surface area contributed by atoms with Crippen LogP contribution in [0.15, 0.2) is 158 Å². The molecule has 0 spiro atoms. The monoisotopic (exact) mass is 1120 g/mol. The van der Waals surface area contributed by atoms with E-state index >= 15 is 0 Å². The van der Waals surface area contributed by atoms with Crippen LogP contribution in [0.2, 0.25) is 0 Å². The molecular weight excluding hydrogens is 1030 g/mol. The fourth-order valence-corrected chi connectivity index (χ4v) is 8.62. The Morgan fingerprint density at radius 3 is 1.97 bits per heavy atom. The Balaban J connectivity index is 0.00000982. The molecule has 0 aliphatic carbocycles. The third-order valence-electron chi connectivity index (χ3n) is 12.6. The molecule has 0 atom stereocenters. The van der Waals surface area contributed by atoms with Crippen LogP contribution >= 0.6 is 0 Å². The Morgan fingerprint density at radius 2 is 1.31 bits per heavy atom. The number of benzene rings is 7. The molecule has 2 heterocycles. The van der Waals surface area contributed by atoms with Crippen LogP contribution in [0, 0.1) is 6.07 Å². The van der Waals surface area contributed by atoms with Crippen molar-refractivity contribution in [3.63, 3.8) is 0 Å². The molecule has 9 rings (SSSR count). The largest absolute Gasteiger partial charge is 0.507 e. The molecule has 0 aliphatic heterocycles. The summed E-state index contributed by atoms with van der Waals surface area (Å²) in [5.74, 6) is -0.553. The summed E-state index contributed by atoms with van der Waals surface area (Å²) in [5, 5.41) is 12.5. The van der Waals surface area contributed by atoms with Gasteiger partial charge >= 0.3 is 0 Å². The molecule has 5 heteroatoms. The topological polar surface area (TPSA) is 50.9 Å². The zero-order valence-electron chi connectivity index (χ0n) is 57.7. The Hall–Kier alpha value is -6.35. The zero-order chi connectivity index (χ0) is 63.5. The standard InChI is InChI=1S/C65H66N3O.Pt/c1-40(2)46-25-30-59(56(36-46)45-23-28-53(29-24-45)65(10,11)12)68-60-20-16-19-54(61(60)67-63(68)57-38-48(41(3)4)37-55(42(5)6)62(57)69)50-33-49(43-17-14-13-15-18-43)34-51(35-50)58-39-47(31-32-66-58)44-21-26-52(27-22-44)64(7,8)9;/h13-34,36-42,69H,1-12H3;/q-1;/i7D3,8D3,9D3,21D,22D,26D,27D,31D,32D,39D,40D;. The number of phenols is 1. The van der Waals surface area contributed by atoms with E-state index in [0.29, 0.717) is 50.4 Å². The van der Waals surface area contributed by atoms with Crippen LogP contribution in [0.25, 0.3) is 83.9 Å². The van der Waals surface area contributed by atoms with Gasteiger partial charge in [-0.2, -0.15) is 0 Å². The molecule has 0 saturated carbocycles. The normalized spacial score (nSPS) is 16.2. The minimum atomic E-state index is -3.94. The van der Waals surface area contributed by atoms with Gasteiger partial charge in [0.05, 0.1) is 31.9 Å². The third-order valence-corrected chi connectivity index (χ3v) is 12.6. The van der Waals surface area contributed by atoms with E-state index in [2.05, 4.69) is 69.9 Å². The zero-order valence-corrected chi connectivity index (χ0v) is 43.0. The number of hydrogen-bond acceptors (Lipinski definition) is 3. The average Bonchev–Trinajstić information content (AvgIpc) is 1.07. The molecule has 358 valence electrons. The van der Waals surface area contributed by atoms with Gasteiger partial charge in [-0.25, -0.2) is 4.98 Å². The predicted molar refractivity (Wildman–Crippen MR) is 292 cm³/mol. The maximum absolute atomic E-state index is 12.5. The fraction of sp³-hybridized carbons (Fsp3) is 0.262. The first kappa shape index (κ1) is 32.5. The van der Waals surface area contributed by atoms with Crippen molar-refractivity contribution in [2.24, 2.45) is 0 Å². The molecule has 2 aromatic heterocycles. The van der Waals surface area contributed by atoms with Gasteiger partial charge in [0.15, 0.2) is 0 Å². The summed E-state index contributed by atoms with van der Waals surface area (Å²) in [7, 11) is 0. The Morgan fingerprint density at radius 1 is 0.614 bits per heavy atom. The second-order valence-corrected chi connectivity index (χ2v) is 19.6. The molecule has 9 aromatic rings. The van der Waals surface area contributed by atoms with Crippen LogP contribution in [0.5, 0.6) is 5.75 Å². The summed E-state index contributed by atoms with van der Waals surface area (Å²) in [4.78, 5) is 9.92. The number of nitrogens with zero attached hydrogens (tertiary/aromatic N) is 3. The summed E-state index contributed by atoms with van der Waals surface area (Å²) in [5.41, 5.74) is 2.60. The van der Waals surface area contributed by atoms with Crippen LogP contribution in [-0.2, 0) is 31.9 Å². The van der Waals surface area contributed by atoms with Crippen LogP contribution in [-0.4, -0.2) is 19.6 Å². The summed E-state index contributed by atoms with van der Waals surface area (Å²) in [6.07, 6.45) is -0.771. The number of fused-ring (bicyclic) bond motifs is 1. The molecule has 0 radical (unpaired) electrons. The van der Waals surface area contributed by atoms with Crippen molar-refractivity contribution in [1.29, 1.82) is 0 Å². The summed E-state index contributed by atoms with van der Waals surface area (Å²) in [6, 6.07) is 33.7. The van der Waals surface area contributed by atoms with Gasteiger partial charge in [-0.3, -0.25) is 9.55 Å². The van der Waals surface area contributed by atoms with Gasteiger partial charge in [0.1, 0.15) is 11.6 Å². The maximum Gasteiger partial charge on any atom is 0.148 e. The van der Waals surface area contributed by atoms with E-state index in [1.807, 2.05) is 117 Å². The molecule has 0 saturated heterocycles. The molecule has 0 amide bonds. The molecule has 0 bridgehead atoms. The first-order chi connectivity index (χ1) is 39.8. The Bertz CT molecular complexity index is 4070. The second kappa shape index (κ2) is 19.8. The molecule has 0 fully saturated rings. The first-order valence-corrected chi connectivity index (χ1v) is 23.2. The number of aromatic nitrogens is 3. The number of rotatable bonds is 10. The molecule has 0 aliphatic rings. The van der Waals surface area contributed by atoms with Crippen molar-refractivity contribution in [3.05, 3.63) is 192 Å². The van der Waals surface area contributed by atoms with Crippen LogP contribution < -0.4 is 0 Å². The van der Waals surface area contributed by atoms with E-state index in [1.54, 1.807) is 6.07 Å². The molecule has 7 aromatic carbocycles. The van der Waals surface area contributed by atoms with Crippen LogP contribution in [0.4, 0.5) is 0 Å². The molecule has 1 N–H and O–H groups in total. The summed E-state index contributed by atoms with van der Waals surface area (Å²) < 4.78 is 150. The van der Waals surface area contributed by atoms with Gasteiger partial charge in [-0.05, 0) is 109 Å². The van der Waals surface area contributed by atoms with E-state index in [0.717, 1.165) is 33.4 Å². The van der Waals surface area contributed by atoms with Gasteiger partial charge in [0.2, 0.25) is 0 Å². The minimum Gasteiger partial charge on any atom is -0.507 e. The number of imidazole rings is 1.